The molecule has 11 heteroatoms. The molecule has 0 fully saturated rings. The van der Waals surface area contributed by atoms with Crippen LogP contribution in [0.5, 0.6) is 11.5 Å². The fourth-order valence-electron chi connectivity index (χ4n) is 3.50. The number of hydrogen-bond acceptors (Lipinski definition) is 8. The number of nitrogens with zero attached hydrogens (tertiary/aromatic N) is 2. The Kier molecular flexibility index (Phi) is 5.98. The summed E-state index contributed by atoms with van der Waals surface area (Å²) in [7, 11) is -2.22. The van der Waals surface area contributed by atoms with E-state index in [4.69, 9.17) is 9.47 Å². The summed E-state index contributed by atoms with van der Waals surface area (Å²) in [5.74, 6) is -1.59. The minimum Gasteiger partial charge on any atom is -0.493 e. The summed E-state index contributed by atoms with van der Waals surface area (Å²) in [5.41, 5.74) is -0.696. The van der Waals surface area contributed by atoms with E-state index in [1.165, 1.54) is 37.4 Å². The second kappa shape index (κ2) is 8.34. The lowest BCUT2D eigenvalue weighted by atomic mass is 10.1. The molecule has 1 aliphatic rings. The molecule has 1 aliphatic heterocycles. The number of sulfone groups is 1. The van der Waals surface area contributed by atoms with E-state index in [1.807, 2.05) is 0 Å². The summed E-state index contributed by atoms with van der Waals surface area (Å²) in [6, 6.07) is 7.07. The first-order valence-electron chi connectivity index (χ1n) is 9.22. The van der Waals surface area contributed by atoms with Gasteiger partial charge in [-0.2, -0.15) is 0 Å². The maximum atomic E-state index is 13.1. The molecule has 0 saturated carbocycles. The van der Waals surface area contributed by atoms with Crippen molar-refractivity contribution in [2.24, 2.45) is 0 Å². The number of nitro groups is 1. The van der Waals surface area contributed by atoms with Crippen LogP contribution in [-0.4, -0.2) is 55.8 Å². The van der Waals surface area contributed by atoms with E-state index in [-0.39, 0.29) is 11.1 Å². The second-order valence-electron chi connectivity index (χ2n) is 6.89. The first-order valence-corrected chi connectivity index (χ1v) is 11.3. The van der Waals surface area contributed by atoms with Gasteiger partial charge in [-0.25, -0.2) is 8.42 Å². The van der Waals surface area contributed by atoms with Gasteiger partial charge in [-0.1, -0.05) is 12.1 Å². The highest BCUT2D eigenvalue weighted by atomic mass is 32.2. The number of amides is 2. The highest BCUT2D eigenvalue weighted by Gasteiger charge is 2.45. The van der Waals surface area contributed by atoms with Crippen LogP contribution in [0.15, 0.2) is 36.4 Å². The lowest BCUT2D eigenvalue weighted by molar-refractivity contribution is -0.385. The number of hydrogen-bond donors (Lipinski definition) is 0. The first kappa shape index (κ1) is 22.2. The average Bonchev–Trinajstić information content (AvgIpc) is 2.96. The van der Waals surface area contributed by atoms with Gasteiger partial charge in [0, 0.05) is 12.3 Å². The molecule has 0 unspecified atom stereocenters. The van der Waals surface area contributed by atoms with Crippen LogP contribution in [0.4, 0.5) is 5.69 Å². The molecule has 164 valence electrons. The molecule has 0 saturated heterocycles. The van der Waals surface area contributed by atoms with Crippen molar-refractivity contribution in [1.29, 1.82) is 0 Å². The summed E-state index contributed by atoms with van der Waals surface area (Å²) in [5, 5.41) is 11.4. The number of nitro benzene ring substituents is 1. The minimum atomic E-state index is -3.66. The third-order valence-corrected chi connectivity index (χ3v) is 5.69. The van der Waals surface area contributed by atoms with Crippen LogP contribution in [0.25, 0.3) is 0 Å². The van der Waals surface area contributed by atoms with E-state index in [1.54, 1.807) is 6.92 Å². The summed E-state index contributed by atoms with van der Waals surface area (Å²) in [4.78, 5) is 37.5. The van der Waals surface area contributed by atoms with Gasteiger partial charge in [0.05, 0.1) is 36.0 Å². The normalized spacial score (nSPS) is 14.4. The van der Waals surface area contributed by atoms with Gasteiger partial charge in [-0.15, -0.1) is 0 Å². The van der Waals surface area contributed by atoms with Crippen LogP contribution in [0, 0.1) is 10.1 Å². The molecule has 0 radical (unpaired) electrons. The Morgan fingerprint density at radius 1 is 1.13 bits per heavy atom. The SMILES string of the molecule is CCOc1cc([C@H](CS(C)(=O)=O)N2C(=O)c3cccc([N+](=O)[O-])c3C2=O)ccc1OC. The quantitative estimate of drug-likeness (QED) is 0.341. The topological polar surface area (TPSA) is 133 Å². The molecule has 0 bridgehead atoms. The van der Waals surface area contributed by atoms with E-state index >= 15 is 0 Å². The van der Waals surface area contributed by atoms with Gasteiger partial charge in [0.25, 0.3) is 17.5 Å². The van der Waals surface area contributed by atoms with Crippen molar-refractivity contribution < 1.29 is 32.4 Å². The predicted octanol–water partition coefficient (Wildman–Crippen LogP) is 2.38. The number of methoxy groups -OCH3 is 1. The van der Waals surface area contributed by atoms with Crippen LogP contribution in [0.1, 0.15) is 39.2 Å². The molecule has 2 aromatic rings. The van der Waals surface area contributed by atoms with E-state index in [2.05, 4.69) is 0 Å². The number of carbonyl (C=O) groups excluding carboxylic acids is 2. The van der Waals surface area contributed by atoms with Gasteiger partial charge in [0.15, 0.2) is 11.5 Å². The molecule has 0 aliphatic carbocycles. The monoisotopic (exact) mass is 448 g/mol. The van der Waals surface area contributed by atoms with Crippen molar-refractivity contribution in [3.63, 3.8) is 0 Å². The van der Waals surface area contributed by atoms with E-state index < -0.39 is 44.1 Å². The molecule has 0 N–H and O–H groups in total. The molecule has 3 rings (SSSR count). The third kappa shape index (κ3) is 4.22. The number of benzene rings is 2. The molecular formula is C20H20N2O8S. The summed E-state index contributed by atoms with van der Waals surface area (Å²) >= 11 is 0. The van der Waals surface area contributed by atoms with E-state index in [0.29, 0.717) is 23.7 Å². The zero-order valence-electron chi connectivity index (χ0n) is 17.0. The zero-order chi connectivity index (χ0) is 22.9. The van der Waals surface area contributed by atoms with Crippen LogP contribution in [-0.2, 0) is 9.84 Å². The van der Waals surface area contributed by atoms with Gasteiger partial charge in [0.1, 0.15) is 15.4 Å². The molecule has 2 aromatic carbocycles. The van der Waals surface area contributed by atoms with Crippen molar-refractivity contribution in [2.45, 2.75) is 13.0 Å². The Hall–Kier alpha value is -3.47. The Morgan fingerprint density at radius 2 is 1.84 bits per heavy atom. The first-order chi connectivity index (χ1) is 14.6. The van der Waals surface area contributed by atoms with E-state index in [9.17, 15) is 28.1 Å². The Bertz CT molecular complexity index is 1180. The lowest BCUT2D eigenvalue weighted by Crippen LogP contribution is -2.37. The third-order valence-electron chi connectivity index (χ3n) is 4.77. The average molecular weight is 448 g/mol. The maximum absolute atomic E-state index is 13.1. The zero-order valence-corrected chi connectivity index (χ0v) is 17.8. The highest BCUT2D eigenvalue weighted by molar-refractivity contribution is 7.90. The van der Waals surface area contributed by atoms with Crippen LogP contribution < -0.4 is 9.47 Å². The number of ether oxygens (including phenoxy) is 2. The molecule has 1 heterocycles. The molecule has 2 amide bonds. The van der Waals surface area contributed by atoms with Gasteiger partial charge in [-0.05, 0) is 30.7 Å². The van der Waals surface area contributed by atoms with Crippen molar-refractivity contribution in [2.75, 3.05) is 25.7 Å². The van der Waals surface area contributed by atoms with Crippen molar-refractivity contribution in [1.82, 2.24) is 4.90 Å². The van der Waals surface area contributed by atoms with Crippen molar-refractivity contribution in [3.05, 3.63) is 63.2 Å². The second-order valence-corrected chi connectivity index (χ2v) is 9.07. The van der Waals surface area contributed by atoms with Crippen molar-refractivity contribution >= 4 is 27.3 Å². The van der Waals surface area contributed by atoms with Crippen LogP contribution in [0.3, 0.4) is 0 Å². The van der Waals surface area contributed by atoms with Gasteiger partial charge >= 0.3 is 0 Å². The molecular weight excluding hydrogens is 428 g/mol. The molecule has 31 heavy (non-hydrogen) atoms. The largest absolute Gasteiger partial charge is 0.493 e. The fraction of sp³-hybridized carbons (Fsp3) is 0.300. The number of imide groups is 1. The molecule has 0 spiro atoms. The van der Waals surface area contributed by atoms with Gasteiger partial charge in [-0.3, -0.25) is 24.6 Å². The number of rotatable bonds is 8. The van der Waals surface area contributed by atoms with Crippen molar-refractivity contribution in [3.8, 4) is 11.5 Å². The maximum Gasteiger partial charge on any atom is 0.282 e. The highest BCUT2D eigenvalue weighted by Crippen LogP contribution is 2.38. The van der Waals surface area contributed by atoms with Gasteiger partial charge in [0.2, 0.25) is 0 Å². The Balaban J connectivity index is 2.16. The minimum absolute atomic E-state index is 0.142. The fourth-order valence-corrected chi connectivity index (χ4v) is 4.41. The van der Waals surface area contributed by atoms with Gasteiger partial charge < -0.3 is 9.47 Å². The number of fused-ring (bicyclic) bond motifs is 1. The Labute approximate surface area is 178 Å². The summed E-state index contributed by atoms with van der Waals surface area (Å²) < 4.78 is 35.1. The number of carbonyl (C=O) groups is 2. The molecule has 0 aromatic heterocycles. The standard InChI is InChI=1S/C20H20N2O8S/c1-4-30-17-10-12(8-9-16(17)29-2)15(11-31(3,27)28)21-19(23)13-6-5-7-14(22(25)26)18(13)20(21)24/h5-10,15H,4,11H2,1-3H3/t15-/m0/s1. The van der Waals surface area contributed by atoms with E-state index in [0.717, 1.165) is 17.2 Å². The van der Waals surface area contributed by atoms with Crippen LogP contribution >= 0.6 is 0 Å². The molecule has 1 atom stereocenters. The lowest BCUT2D eigenvalue weighted by Gasteiger charge is -2.26. The smallest absolute Gasteiger partial charge is 0.282 e. The summed E-state index contributed by atoms with van der Waals surface area (Å²) in [6.45, 7) is 2.05. The summed E-state index contributed by atoms with van der Waals surface area (Å²) in [6.07, 6.45) is 0.980. The Morgan fingerprint density at radius 3 is 2.42 bits per heavy atom. The van der Waals surface area contributed by atoms with Crippen LogP contribution in [0.2, 0.25) is 0 Å². The predicted molar refractivity (Wildman–Crippen MR) is 110 cm³/mol. The molecule has 10 nitrogen and oxygen atoms in total.